The van der Waals surface area contributed by atoms with Gasteiger partial charge in [-0.15, -0.1) is 0 Å². The molecule has 1 aromatic heterocycles. The van der Waals surface area contributed by atoms with E-state index in [1.54, 1.807) is 48.0 Å². The molecule has 3 aromatic rings. The molecule has 0 radical (unpaired) electrons. The molecule has 9 heteroatoms. The topological polar surface area (TPSA) is 92.1 Å². The molecule has 4 rings (SSSR count). The van der Waals surface area contributed by atoms with Gasteiger partial charge in [0.05, 0.1) is 5.57 Å². The number of allylic oxidation sites excluding steroid dienone is 1. The number of amides is 1. The molecule has 1 aliphatic rings. The normalized spacial score (nSPS) is 15.4. The number of benzene rings is 2. The van der Waals surface area contributed by atoms with Crippen LogP contribution in [0.3, 0.4) is 0 Å². The highest BCUT2D eigenvalue weighted by molar-refractivity contribution is 6.30. The van der Waals surface area contributed by atoms with Crippen molar-refractivity contribution in [2.75, 3.05) is 17.2 Å². The molecular formula is C22H21ClFN5O2. The van der Waals surface area contributed by atoms with Gasteiger partial charge >= 0.3 is 0 Å². The minimum Gasteiger partial charge on any atom is -0.396 e. The largest absolute Gasteiger partial charge is 0.396 e. The zero-order chi connectivity index (χ0) is 22.0. The van der Waals surface area contributed by atoms with Crippen LogP contribution in [-0.2, 0) is 11.2 Å². The van der Waals surface area contributed by atoms with Crippen LogP contribution in [0.15, 0.2) is 59.8 Å². The summed E-state index contributed by atoms with van der Waals surface area (Å²) in [7, 11) is 0. The number of aliphatic hydroxyl groups is 1. The number of fused-ring (bicyclic) bond motifs is 1. The van der Waals surface area contributed by atoms with E-state index in [2.05, 4.69) is 20.7 Å². The molecule has 0 aliphatic carbocycles. The van der Waals surface area contributed by atoms with Gasteiger partial charge in [0.1, 0.15) is 11.9 Å². The first kappa shape index (κ1) is 21.0. The lowest BCUT2D eigenvalue weighted by atomic mass is 9.95. The number of nitrogens with one attached hydrogen (secondary N) is 2. The monoisotopic (exact) mass is 441 g/mol. The van der Waals surface area contributed by atoms with Crippen LogP contribution in [0.25, 0.3) is 0 Å². The standard InChI is InChI=1S/C22H21ClFN5O2/c1-13-19(21(31)26-17-9-7-15(23)8-10-17)20(14-4-2-5-16(24)12-14)29-22(25-13)27-18(28-29)6-3-11-30/h2,4-5,7-10,12,20,30H,3,6,11H2,1H3,(H,26,31)(H,25,27,28)/t20-/m0/s1. The first-order chi connectivity index (χ1) is 15.0. The number of carbonyl (C=O) groups is 1. The molecule has 7 nitrogen and oxygen atoms in total. The fraction of sp³-hybridized carbons (Fsp3) is 0.227. The summed E-state index contributed by atoms with van der Waals surface area (Å²) in [5.74, 6) is 0.237. The Hall–Kier alpha value is -3.23. The molecule has 2 aromatic carbocycles. The Bertz CT molecular complexity index is 1140. The average Bonchev–Trinajstić information content (AvgIpc) is 3.15. The van der Waals surface area contributed by atoms with Gasteiger partial charge in [0.15, 0.2) is 5.82 Å². The SMILES string of the molecule is CC1=C(C(=O)Nc2ccc(Cl)cc2)[C@H](c2cccc(F)c2)n2nc(CCCO)nc2N1. The first-order valence-corrected chi connectivity index (χ1v) is 10.2. The van der Waals surface area contributed by atoms with Gasteiger partial charge in [-0.05, 0) is 55.3 Å². The van der Waals surface area contributed by atoms with E-state index in [1.807, 2.05) is 0 Å². The van der Waals surface area contributed by atoms with Gasteiger partial charge in [-0.25, -0.2) is 9.07 Å². The Morgan fingerprint density at radius 2 is 2.06 bits per heavy atom. The number of hydrogen-bond acceptors (Lipinski definition) is 5. The van der Waals surface area contributed by atoms with Crippen LogP contribution in [0.1, 0.15) is 30.8 Å². The van der Waals surface area contributed by atoms with Crippen molar-refractivity contribution in [1.29, 1.82) is 0 Å². The Kier molecular flexibility index (Phi) is 6.01. The van der Waals surface area contributed by atoms with E-state index >= 15 is 0 Å². The lowest BCUT2D eigenvalue weighted by molar-refractivity contribution is -0.113. The molecule has 1 atom stereocenters. The summed E-state index contributed by atoms with van der Waals surface area (Å²) in [5.41, 5.74) is 2.14. The number of halogens is 2. The Morgan fingerprint density at radius 3 is 2.77 bits per heavy atom. The summed E-state index contributed by atoms with van der Waals surface area (Å²) < 4.78 is 15.7. The number of aliphatic hydroxyl groups excluding tert-OH is 1. The van der Waals surface area contributed by atoms with E-state index in [1.165, 1.54) is 12.1 Å². The second kappa shape index (κ2) is 8.87. The molecule has 0 saturated carbocycles. The third-order valence-electron chi connectivity index (χ3n) is 4.97. The summed E-state index contributed by atoms with van der Waals surface area (Å²) in [5, 5.41) is 20.2. The maximum atomic E-state index is 14.1. The Labute approximate surface area is 183 Å². The van der Waals surface area contributed by atoms with Gasteiger partial charge in [0.2, 0.25) is 5.95 Å². The number of rotatable bonds is 6. The Balaban J connectivity index is 1.75. The highest BCUT2D eigenvalue weighted by Crippen LogP contribution is 2.36. The van der Waals surface area contributed by atoms with Crippen LogP contribution < -0.4 is 10.6 Å². The number of nitrogens with zero attached hydrogens (tertiary/aromatic N) is 3. The van der Waals surface area contributed by atoms with Crippen molar-refractivity contribution in [3.63, 3.8) is 0 Å². The van der Waals surface area contributed by atoms with E-state index in [9.17, 15) is 9.18 Å². The summed E-state index contributed by atoms with van der Waals surface area (Å²) in [6.45, 7) is 1.80. The molecule has 0 fully saturated rings. The summed E-state index contributed by atoms with van der Waals surface area (Å²) in [6.07, 6.45) is 1.00. The molecule has 1 aliphatic heterocycles. The van der Waals surface area contributed by atoms with E-state index in [0.29, 0.717) is 52.2 Å². The van der Waals surface area contributed by atoms with Gasteiger partial charge < -0.3 is 15.7 Å². The van der Waals surface area contributed by atoms with Crippen LogP contribution in [0.5, 0.6) is 0 Å². The second-order valence-corrected chi connectivity index (χ2v) is 7.64. The summed E-state index contributed by atoms with van der Waals surface area (Å²) in [4.78, 5) is 17.8. The van der Waals surface area contributed by atoms with Crippen LogP contribution >= 0.6 is 11.6 Å². The minimum absolute atomic E-state index is 0.0245. The number of hydrogen-bond donors (Lipinski definition) is 3. The Morgan fingerprint density at radius 1 is 1.29 bits per heavy atom. The van der Waals surface area contributed by atoms with Crippen molar-refractivity contribution in [3.05, 3.63) is 82.0 Å². The number of aryl methyl sites for hydroxylation is 1. The maximum Gasteiger partial charge on any atom is 0.255 e. The van der Waals surface area contributed by atoms with E-state index in [-0.39, 0.29) is 12.5 Å². The molecule has 2 heterocycles. The highest BCUT2D eigenvalue weighted by Gasteiger charge is 2.34. The lowest BCUT2D eigenvalue weighted by Crippen LogP contribution is -2.31. The zero-order valence-electron chi connectivity index (χ0n) is 16.8. The molecule has 1 amide bonds. The molecule has 3 N–H and O–H groups in total. The smallest absolute Gasteiger partial charge is 0.255 e. The molecule has 0 unspecified atom stereocenters. The van der Waals surface area contributed by atoms with Crippen LogP contribution in [0.4, 0.5) is 16.0 Å². The quantitative estimate of drug-likeness (QED) is 0.539. The van der Waals surface area contributed by atoms with E-state index in [4.69, 9.17) is 16.7 Å². The van der Waals surface area contributed by atoms with Crippen molar-refractivity contribution >= 4 is 29.1 Å². The van der Waals surface area contributed by atoms with Crippen molar-refractivity contribution in [2.24, 2.45) is 0 Å². The third-order valence-corrected chi connectivity index (χ3v) is 5.22. The zero-order valence-corrected chi connectivity index (χ0v) is 17.5. The van der Waals surface area contributed by atoms with Gasteiger partial charge in [-0.1, -0.05) is 23.7 Å². The average molecular weight is 442 g/mol. The fourth-order valence-corrected chi connectivity index (χ4v) is 3.67. The van der Waals surface area contributed by atoms with E-state index < -0.39 is 11.9 Å². The number of aromatic nitrogens is 3. The van der Waals surface area contributed by atoms with Crippen molar-refractivity contribution in [1.82, 2.24) is 14.8 Å². The number of carbonyl (C=O) groups excluding carboxylic acids is 1. The molecule has 0 saturated heterocycles. The third kappa shape index (κ3) is 4.45. The molecular weight excluding hydrogens is 421 g/mol. The maximum absolute atomic E-state index is 14.1. The second-order valence-electron chi connectivity index (χ2n) is 7.21. The predicted octanol–water partition coefficient (Wildman–Crippen LogP) is 3.92. The van der Waals surface area contributed by atoms with Gasteiger partial charge in [0.25, 0.3) is 5.91 Å². The first-order valence-electron chi connectivity index (χ1n) is 9.82. The van der Waals surface area contributed by atoms with Crippen molar-refractivity contribution < 1.29 is 14.3 Å². The number of anilines is 2. The van der Waals surface area contributed by atoms with Crippen LogP contribution in [-0.4, -0.2) is 32.4 Å². The molecule has 0 bridgehead atoms. The van der Waals surface area contributed by atoms with Crippen LogP contribution in [0, 0.1) is 5.82 Å². The van der Waals surface area contributed by atoms with E-state index in [0.717, 1.165) is 0 Å². The fourth-order valence-electron chi connectivity index (χ4n) is 3.55. The molecule has 0 spiro atoms. The lowest BCUT2D eigenvalue weighted by Gasteiger charge is -2.28. The molecule has 31 heavy (non-hydrogen) atoms. The minimum atomic E-state index is -0.672. The highest BCUT2D eigenvalue weighted by atomic mass is 35.5. The van der Waals surface area contributed by atoms with Crippen LogP contribution in [0.2, 0.25) is 5.02 Å². The van der Waals surface area contributed by atoms with Gasteiger partial charge in [-0.3, -0.25) is 4.79 Å². The predicted molar refractivity (Wildman–Crippen MR) is 116 cm³/mol. The van der Waals surface area contributed by atoms with Gasteiger partial charge in [-0.2, -0.15) is 10.1 Å². The summed E-state index contributed by atoms with van der Waals surface area (Å²) >= 11 is 5.93. The van der Waals surface area contributed by atoms with Crippen molar-refractivity contribution in [3.8, 4) is 0 Å². The van der Waals surface area contributed by atoms with Crippen molar-refractivity contribution in [2.45, 2.75) is 25.8 Å². The van der Waals surface area contributed by atoms with Gasteiger partial charge in [0, 0.05) is 29.4 Å². The molecule has 160 valence electrons. The summed E-state index contributed by atoms with van der Waals surface area (Å²) in [6, 6.07) is 12.2.